The number of carboxylic acids is 1. The number of amides is 1. The fourth-order valence-electron chi connectivity index (χ4n) is 1.98. The average molecular weight is 390 g/mol. The average Bonchev–Trinajstić information content (AvgIpc) is 2.53. The molecule has 0 saturated carbocycles. The Bertz CT molecular complexity index is 786. The molecule has 0 bridgehead atoms. The Labute approximate surface area is 148 Å². The Kier molecular flexibility index (Phi) is 6.14. The monoisotopic (exact) mass is 389 g/mol. The molecule has 124 valence electrons. The van der Waals surface area contributed by atoms with Crippen molar-refractivity contribution in [2.24, 2.45) is 0 Å². The van der Waals surface area contributed by atoms with Crippen LogP contribution in [0.2, 0.25) is 0 Å². The highest BCUT2D eigenvalue weighted by Gasteiger charge is 2.09. The molecule has 0 unspecified atom stereocenters. The van der Waals surface area contributed by atoms with Crippen LogP contribution in [0.3, 0.4) is 0 Å². The third-order valence-corrected chi connectivity index (χ3v) is 3.84. The number of rotatable bonds is 6. The van der Waals surface area contributed by atoms with E-state index in [9.17, 15) is 9.59 Å². The van der Waals surface area contributed by atoms with Gasteiger partial charge in [-0.3, -0.25) is 4.79 Å². The molecule has 0 radical (unpaired) electrons. The fraction of sp³-hybridized carbons (Fsp3) is 0.111. The SMILES string of the molecule is CC(=O)NC(=Cc1cccc(OCc2ccccc2Br)c1)C(=O)O. The molecule has 0 aliphatic heterocycles. The topological polar surface area (TPSA) is 75.6 Å². The summed E-state index contributed by atoms with van der Waals surface area (Å²) in [5.41, 5.74) is 1.43. The molecule has 6 heteroatoms. The molecule has 0 spiro atoms. The van der Waals surface area contributed by atoms with Crippen LogP contribution < -0.4 is 10.1 Å². The predicted molar refractivity (Wildman–Crippen MR) is 94.3 cm³/mol. The minimum atomic E-state index is -1.20. The molecular weight excluding hydrogens is 374 g/mol. The maximum absolute atomic E-state index is 11.2. The zero-order valence-corrected chi connectivity index (χ0v) is 14.5. The van der Waals surface area contributed by atoms with Crippen molar-refractivity contribution >= 4 is 33.9 Å². The molecule has 0 aliphatic rings. The van der Waals surface area contributed by atoms with Gasteiger partial charge in [-0.05, 0) is 29.8 Å². The number of aliphatic carboxylic acids is 1. The first kappa shape index (κ1) is 17.7. The van der Waals surface area contributed by atoms with Gasteiger partial charge in [0.05, 0.1) is 0 Å². The normalized spacial score (nSPS) is 11.0. The fourth-order valence-corrected chi connectivity index (χ4v) is 2.38. The van der Waals surface area contributed by atoms with Crippen molar-refractivity contribution in [3.8, 4) is 5.75 Å². The molecule has 0 fully saturated rings. The van der Waals surface area contributed by atoms with Crippen LogP contribution >= 0.6 is 15.9 Å². The van der Waals surface area contributed by atoms with E-state index >= 15 is 0 Å². The zero-order valence-electron chi connectivity index (χ0n) is 13.0. The highest BCUT2D eigenvalue weighted by atomic mass is 79.9. The second kappa shape index (κ2) is 8.31. The van der Waals surface area contributed by atoms with E-state index in [2.05, 4.69) is 21.2 Å². The first-order valence-electron chi connectivity index (χ1n) is 7.14. The molecule has 0 aromatic heterocycles. The van der Waals surface area contributed by atoms with E-state index in [-0.39, 0.29) is 5.70 Å². The van der Waals surface area contributed by atoms with Crippen LogP contribution in [-0.2, 0) is 16.2 Å². The first-order chi connectivity index (χ1) is 11.5. The predicted octanol–water partition coefficient (Wildman–Crippen LogP) is 3.59. The number of halogens is 1. The third-order valence-electron chi connectivity index (χ3n) is 3.06. The summed E-state index contributed by atoms with van der Waals surface area (Å²) in [7, 11) is 0. The minimum Gasteiger partial charge on any atom is -0.489 e. The van der Waals surface area contributed by atoms with Gasteiger partial charge in [-0.1, -0.05) is 46.3 Å². The van der Waals surface area contributed by atoms with Gasteiger partial charge >= 0.3 is 5.97 Å². The maximum Gasteiger partial charge on any atom is 0.352 e. The van der Waals surface area contributed by atoms with Crippen LogP contribution in [0.25, 0.3) is 6.08 Å². The Morgan fingerprint density at radius 1 is 1.21 bits per heavy atom. The standard InChI is InChI=1S/C18H16BrNO4/c1-12(21)20-17(18(22)23)10-13-5-4-7-15(9-13)24-11-14-6-2-3-8-16(14)19/h2-10H,11H2,1H3,(H,20,21)(H,22,23). The summed E-state index contributed by atoms with van der Waals surface area (Å²) >= 11 is 3.46. The van der Waals surface area contributed by atoms with E-state index in [1.165, 1.54) is 13.0 Å². The van der Waals surface area contributed by atoms with Crippen molar-refractivity contribution in [2.45, 2.75) is 13.5 Å². The van der Waals surface area contributed by atoms with Gasteiger partial charge in [0, 0.05) is 17.0 Å². The van der Waals surface area contributed by atoms with E-state index in [1.807, 2.05) is 24.3 Å². The smallest absolute Gasteiger partial charge is 0.352 e. The largest absolute Gasteiger partial charge is 0.489 e. The van der Waals surface area contributed by atoms with Gasteiger partial charge in [0.25, 0.3) is 0 Å². The number of carboxylic acid groups (broad SMARTS) is 1. The Hall–Kier alpha value is -2.60. The summed E-state index contributed by atoms with van der Waals surface area (Å²) in [5.74, 6) is -1.04. The molecule has 1 amide bonds. The van der Waals surface area contributed by atoms with Crippen LogP contribution in [0.5, 0.6) is 5.75 Å². The number of benzene rings is 2. The molecular formula is C18H16BrNO4. The Balaban J connectivity index is 2.15. The molecule has 2 rings (SSSR count). The van der Waals surface area contributed by atoms with E-state index in [4.69, 9.17) is 9.84 Å². The number of ether oxygens (including phenoxy) is 1. The molecule has 2 N–H and O–H groups in total. The Morgan fingerprint density at radius 2 is 1.96 bits per heavy atom. The van der Waals surface area contributed by atoms with Gasteiger partial charge in [0.15, 0.2) is 0 Å². The van der Waals surface area contributed by atoms with Crippen LogP contribution in [0.4, 0.5) is 0 Å². The molecule has 24 heavy (non-hydrogen) atoms. The van der Waals surface area contributed by atoms with Crippen molar-refractivity contribution in [2.75, 3.05) is 0 Å². The van der Waals surface area contributed by atoms with Crippen molar-refractivity contribution in [3.05, 3.63) is 69.8 Å². The number of hydrogen-bond acceptors (Lipinski definition) is 3. The molecule has 0 saturated heterocycles. The van der Waals surface area contributed by atoms with Gasteiger partial charge in [-0.25, -0.2) is 4.79 Å². The van der Waals surface area contributed by atoms with Crippen molar-refractivity contribution in [1.82, 2.24) is 5.32 Å². The lowest BCUT2D eigenvalue weighted by Gasteiger charge is -2.09. The lowest BCUT2D eigenvalue weighted by atomic mass is 10.1. The van der Waals surface area contributed by atoms with Crippen molar-refractivity contribution in [1.29, 1.82) is 0 Å². The van der Waals surface area contributed by atoms with Gasteiger partial charge in [-0.15, -0.1) is 0 Å². The highest BCUT2D eigenvalue weighted by molar-refractivity contribution is 9.10. The van der Waals surface area contributed by atoms with E-state index in [1.54, 1.807) is 24.3 Å². The number of carbonyl (C=O) groups is 2. The minimum absolute atomic E-state index is 0.189. The summed E-state index contributed by atoms with van der Waals surface area (Å²) < 4.78 is 6.70. The second-order valence-electron chi connectivity index (χ2n) is 5.00. The summed E-state index contributed by atoms with van der Waals surface area (Å²) in [6.07, 6.45) is 1.38. The molecule has 0 aliphatic carbocycles. The molecule has 0 atom stereocenters. The zero-order chi connectivity index (χ0) is 17.5. The maximum atomic E-state index is 11.2. The number of nitrogens with one attached hydrogen (secondary N) is 1. The number of hydrogen-bond donors (Lipinski definition) is 2. The van der Waals surface area contributed by atoms with E-state index in [0.717, 1.165) is 10.0 Å². The van der Waals surface area contributed by atoms with Crippen LogP contribution in [0, 0.1) is 0 Å². The first-order valence-corrected chi connectivity index (χ1v) is 7.94. The van der Waals surface area contributed by atoms with Gasteiger partial charge in [0.2, 0.25) is 5.91 Å². The van der Waals surface area contributed by atoms with E-state index in [0.29, 0.717) is 17.9 Å². The van der Waals surface area contributed by atoms with Gasteiger partial charge in [-0.2, -0.15) is 0 Å². The summed E-state index contributed by atoms with van der Waals surface area (Å²) in [6, 6.07) is 14.7. The van der Waals surface area contributed by atoms with Gasteiger partial charge in [0.1, 0.15) is 18.1 Å². The highest BCUT2D eigenvalue weighted by Crippen LogP contribution is 2.20. The number of carbonyl (C=O) groups excluding carboxylic acids is 1. The van der Waals surface area contributed by atoms with Crippen LogP contribution in [-0.4, -0.2) is 17.0 Å². The molecule has 0 heterocycles. The quantitative estimate of drug-likeness (QED) is 0.740. The molecule has 5 nitrogen and oxygen atoms in total. The van der Waals surface area contributed by atoms with Crippen molar-refractivity contribution in [3.63, 3.8) is 0 Å². The van der Waals surface area contributed by atoms with E-state index < -0.39 is 11.9 Å². The summed E-state index contributed by atoms with van der Waals surface area (Å²) in [5, 5.41) is 11.4. The van der Waals surface area contributed by atoms with Crippen LogP contribution in [0.1, 0.15) is 18.1 Å². The van der Waals surface area contributed by atoms with Crippen molar-refractivity contribution < 1.29 is 19.4 Å². The lowest BCUT2D eigenvalue weighted by Crippen LogP contribution is -2.24. The Morgan fingerprint density at radius 3 is 2.62 bits per heavy atom. The second-order valence-corrected chi connectivity index (χ2v) is 5.85. The third kappa shape index (κ3) is 5.24. The van der Waals surface area contributed by atoms with Crippen LogP contribution in [0.15, 0.2) is 58.7 Å². The van der Waals surface area contributed by atoms with Gasteiger partial charge < -0.3 is 15.2 Å². The summed E-state index contributed by atoms with van der Waals surface area (Å²) in [6.45, 7) is 1.64. The summed E-state index contributed by atoms with van der Waals surface area (Å²) in [4.78, 5) is 22.2. The molecule has 2 aromatic rings. The lowest BCUT2D eigenvalue weighted by molar-refractivity contribution is -0.134. The molecule has 2 aromatic carbocycles.